The average Bonchev–Trinajstić information content (AvgIpc) is 2.67. The Balaban J connectivity index is 2.09. The SMILES string of the molecule is COC1CCC(N)(c2nc(C)cs2)CC1. The van der Waals surface area contributed by atoms with Gasteiger partial charge in [-0.15, -0.1) is 11.3 Å². The van der Waals surface area contributed by atoms with Crippen LogP contribution in [0, 0.1) is 6.92 Å². The van der Waals surface area contributed by atoms with E-state index in [9.17, 15) is 0 Å². The van der Waals surface area contributed by atoms with Gasteiger partial charge in [-0.2, -0.15) is 0 Å². The lowest BCUT2D eigenvalue weighted by molar-refractivity contribution is 0.0493. The van der Waals surface area contributed by atoms with Crippen LogP contribution in [0.25, 0.3) is 0 Å². The van der Waals surface area contributed by atoms with Crippen LogP contribution in [-0.4, -0.2) is 18.2 Å². The summed E-state index contributed by atoms with van der Waals surface area (Å²) in [6.45, 7) is 2.02. The summed E-state index contributed by atoms with van der Waals surface area (Å²) in [5.74, 6) is 0. The minimum atomic E-state index is -0.200. The molecule has 0 spiro atoms. The highest BCUT2D eigenvalue weighted by atomic mass is 32.1. The van der Waals surface area contributed by atoms with Crippen molar-refractivity contribution in [3.8, 4) is 0 Å². The second-order valence-electron chi connectivity index (χ2n) is 4.39. The molecule has 4 heteroatoms. The van der Waals surface area contributed by atoms with E-state index in [0.717, 1.165) is 36.4 Å². The van der Waals surface area contributed by atoms with E-state index in [4.69, 9.17) is 10.5 Å². The number of hydrogen-bond acceptors (Lipinski definition) is 4. The number of aromatic nitrogens is 1. The summed E-state index contributed by atoms with van der Waals surface area (Å²) in [7, 11) is 1.78. The van der Waals surface area contributed by atoms with E-state index >= 15 is 0 Å². The maximum Gasteiger partial charge on any atom is 0.113 e. The standard InChI is InChI=1S/C11H18N2OS/c1-8-7-15-10(13-8)11(12)5-3-9(14-2)4-6-11/h7,9H,3-6,12H2,1-2H3. The molecule has 1 fully saturated rings. The average molecular weight is 226 g/mol. The van der Waals surface area contributed by atoms with Gasteiger partial charge in [0, 0.05) is 18.2 Å². The summed E-state index contributed by atoms with van der Waals surface area (Å²) in [6.07, 6.45) is 4.46. The van der Waals surface area contributed by atoms with Crippen molar-refractivity contribution < 1.29 is 4.74 Å². The minimum Gasteiger partial charge on any atom is -0.381 e. The van der Waals surface area contributed by atoms with Crippen molar-refractivity contribution in [3.05, 3.63) is 16.1 Å². The van der Waals surface area contributed by atoms with Gasteiger partial charge in [0.2, 0.25) is 0 Å². The zero-order valence-corrected chi connectivity index (χ0v) is 10.1. The molecule has 2 rings (SSSR count). The fourth-order valence-corrected chi connectivity index (χ4v) is 3.11. The van der Waals surface area contributed by atoms with Gasteiger partial charge < -0.3 is 10.5 Å². The topological polar surface area (TPSA) is 48.1 Å². The van der Waals surface area contributed by atoms with Gasteiger partial charge in [0.25, 0.3) is 0 Å². The normalized spacial score (nSPS) is 31.8. The number of thiazole rings is 1. The molecule has 3 nitrogen and oxygen atoms in total. The quantitative estimate of drug-likeness (QED) is 0.841. The molecule has 0 aromatic carbocycles. The van der Waals surface area contributed by atoms with Crippen LogP contribution in [0.2, 0.25) is 0 Å². The van der Waals surface area contributed by atoms with Gasteiger partial charge in [0.05, 0.1) is 11.6 Å². The number of aryl methyl sites for hydroxylation is 1. The van der Waals surface area contributed by atoms with Crippen LogP contribution in [0.15, 0.2) is 5.38 Å². The van der Waals surface area contributed by atoms with Crippen molar-refractivity contribution in [1.29, 1.82) is 0 Å². The molecule has 1 saturated carbocycles. The van der Waals surface area contributed by atoms with Crippen LogP contribution in [0.4, 0.5) is 0 Å². The third-order valence-electron chi connectivity index (χ3n) is 3.20. The molecule has 0 saturated heterocycles. The molecular weight excluding hydrogens is 208 g/mol. The fourth-order valence-electron chi connectivity index (χ4n) is 2.14. The van der Waals surface area contributed by atoms with Crippen LogP contribution in [0.3, 0.4) is 0 Å². The molecule has 0 bridgehead atoms. The van der Waals surface area contributed by atoms with Gasteiger partial charge in [-0.3, -0.25) is 0 Å². The maximum absolute atomic E-state index is 6.40. The second-order valence-corrected chi connectivity index (χ2v) is 5.24. The van der Waals surface area contributed by atoms with Crippen LogP contribution in [0.5, 0.6) is 0 Å². The number of nitrogens with two attached hydrogens (primary N) is 1. The molecule has 1 aromatic rings. The van der Waals surface area contributed by atoms with Crippen molar-refractivity contribution in [3.63, 3.8) is 0 Å². The Morgan fingerprint density at radius 3 is 2.67 bits per heavy atom. The predicted octanol–water partition coefficient (Wildman–Crippen LogP) is 2.19. The number of hydrogen-bond donors (Lipinski definition) is 1. The first-order chi connectivity index (χ1) is 7.14. The first-order valence-electron chi connectivity index (χ1n) is 5.38. The third kappa shape index (κ3) is 2.22. The Morgan fingerprint density at radius 2 is 2.20 bits per heavy atom. The lowest BCUT2D eigenvalue weighted by atomic mass is 9.81. The highest BCUT2D eigenvalue weighted by molar-refractivity contribution is 7.09. The smallest absolute Gasteiger partial charge is 0.113 e. The summed E-state index contributed by atoms with van der Waals surface area (Å²) >= 11 is 1.69. The summed E-state index contributed by atoms with van der Waals surface area (Å²) < 4.78 is 5.35. The van der Waals surface area contributed by atoms with Crippen LogP contribution < -0.4 is 5.73 Å². The second kappa shape index (κ2) is 4.20. The molecule has 2 N–H and O–H groups in total. The third-order valence-corrected chi connectivity index (χ3v) is 4.38. The number of rotatable bonds is 2. The molecule has 1 heterocycles. The van der Waals surface area contributed by atoms with E-state index in [1.165, 1.54) is 0 Å². The summed E-state index contributed by atoms with van der Waals surface area (Å²) in [5.41, 5.74) is 7.28. The molecular formula is C11H18N2OS. The van der Waals surface area contributed by atoms with E-state index < -0.39 is 0 Å². The molecule has 0 amide bonds. The highest BCUT2D eigenvalue weighted by Crippen LogP contribution is 2.37. The number of ether oxygens (including phenoxy) is 1. The van der Waals surface area contributed by atoms with Gasteiger partial charge >= 0.3 is 0 Å². The minimum absolute atomic E-state index is 0.200. The monoisotopic (exact) mass is 226 g/mol. The maximum atomic E-state index is 6.40. The summed E-state index contributed by atoms with van der Waals surface area (Å²) in [6, 6.07) is 0. The first-order valence-corrected chi connectivity index (χ1v) is 6.26. The van der Waals surface area contributed by atoms with Crippen molar-refractivity contribution in [2.75, 3.05) is 7.11 Å². The van der Waals surface area contributed by atoms with Gasteiger partial charge in [-0.1, -0.05) is 0 Å². The molecule has 1 aromatic heterocycles. The lowest BCUT2D eigenvalue weighted by Crippen LogP contribution is -2.41. The molecule has 0 aliphatic heterocycles. The Bertz CT molecular complexity index is 329. The fraction of sp³-hybridized carbons (Fsp3) is 0.727. The van der Waals surface area contributed by atoms with Gasteiger partial charge in [0.1, 0.15) is 5.01 Å². The Hall–Kier alpha value is -0.450. The molecule has 0 atom stereocenters. The Kier molecular flexibility index (Phi) is 3.09. The Labute approximate surface area is 94.7 Å². The van der Waals surface area contributed by atoms with E-state index in [-0.39, 0.29) is 5.54 Å². The van der Waals surface area contributed by atoms with Crippen LogP contribution in [-0.2, 0) is 10.3 Å². The molecule has 0 radical (unpaired) electrons. The van der Waals surface area contributed by atoms with Gasteiger partial charge in [0.15, 0.2) is 0 Å². The predicted molar refractivity (Wildman–Crippen MR) is 62.0 cm³/mol. The summed E-state index contributed by atoms with van der Waals surface area (Å²) in [5, 5.41) is 3.17. The first kappa shape index (κ1) is 11.0. The van der Waals surface area contributed by atoms with Gasteiger partial charge in [-0.25, -0.2) is 4.98 Å². The van der Waals surface area contributed by atoms with Crippen molar-refractivity contribution in [1.82, 2.24) is 4.98 Å². The van der Waals surface area contributed by atoms with Crippen LogP contribution >= 0.6 is 11.3 Å². The molecule has 15 heavy (non-hydrogen) atoms. The van der Waals surface area contributed by atoms with E-state index in [2.05, 4.69) is 10.4 Å². The largest absolute Gasteiger partial charge is 0.381 e. The van der Waals surface area contributed by atoms with E-state index in [1.807, 2.05) is 6.92 Å². The zero-order chi connectivity index (χ0) is 10.9. The molecule has 1 aliphatic carbocycles. The van der Waals surface area contributed by atoms with Crippen molar-refractivity contribution >= 4 is 11.3 Å². The molecule has 84 valence electrons. The number of methoxy groups -OCH3 is 1. The Morgan fingerprint density at radius 1 is 1.53 bits per heavy atom. The lowest BCUT2D eigenvalue weighted by Gasteiger charge is -2.34. The van der Waals surface area contributed by atoms with Crippen molar-refractivity contribution in [2.45, 2.75) is 44.2 Å². The van der Waals surface area contributed by atoms with Crippen molar-refractivity contribution in [2.24, 2.45) is 5.73 Å². The number of nitrogens with zero attached hydrogens (tertiary/aromatic N) is 1. The molecule has 1 aliphatic rings. The molecule has 0 unspecified atom stereocenters. The van der Waals surface area contributed by atoms with Crippen LogP contribution in [0.1, 0.15) is 36.4 Å². The summed E-state index contributed by atoms with van der Waals surface area (Å²) in [4.78, 5) is 4.51. The van der Waals surface area contributed by atoms with E-state index in [0.29, 0.717) is 6.10 Å². The van der Waals surface area contributed by atoms with Gasteiger partial charge in [-0.05, 0) is 32.6 Å². The highest BCUT2D eigenvalue weighted by Gasteiger charge is 2.35. The van der Waals surface area contributed by atoms with E-state index in [1.54, 1.807) is 18.4 Å². The zero-order valence-electron chi connectivity index (χ0n) is 9.32.